The Bertz CT molecular complexity index is 441. The zero-order valence-corrected chi connectivity index (χ0v) is 11.2. The molecule has 106 valence electrons. The highest BCUT2D eigenvalue weighted by Gasteiger charge is 2.20. The lowest BCUT2D eigenvalue weighted by Crippen LogP contribution is -2.28. The molecular weight excluding hydrogens is 246 g/mol. The van der Waals surface area contributed by atoms with Gasteiger partial charge in [0.05, 0.1) is 6.10 Å². The molecule has 0 radical (unpaired) electrons. The van der Waals surface area contributed by atoms with Crippen LogP contribution in [0.2, 0.25) is 0 Å². The van der Waals surface area contributed by atoms with E-state index in [1.165, 1.54) is 0 Å². The van der Waals surface area contributed by atoms with Crippen molar-refractivity contribution < 1.29 is 19.4 Å². The molecule has 3 N–H and O–H groups in total. The first-order valence-electron chi connectivity index (χ1n) is 6.77. The number of aryl methyl sites for hydroxylation is 1. The SMILES string of the molecule is Cc1oc(C(=O)O)cc1CNCC1CCCC(O)C1. The molecule has 1 aromatic rings. The largest absolute Gasteiger partial charge is 0.475 e. The Morgan fingerprint density at radius 1 is 1.53 bits per heavy atom. The molecule has 0 spiro atoms. The fourth-order valence-electron chi connectivity index (χ4n) is 2.66. The molecule has 1 saturated carbocycles. The number of nitrogens with one attached hydrogen (secondary N) is 1. The summed E-state index contributed by atoms with van der Waals surface area (Å²) in [6.07, 6.45) is 3.85. The summed E-state index contributed by atoms with van der Waals surface area (Å²) in [6, 6.07) is 1.57. The van der Waals surface area contributed by atoms with E-state index in [4.69, 9.17) is 9.52 Å². The molecule has 1 aromatic heterocycles. The maximum atomic E-state index is 10.8. The number of hydrogen-bond acceptors (Lipinski definition) is 4. The first kappa shape index (κ1) is 14.1. The highest BCUT2D eigenvalue weighted by molar-refractivity contribution is 5.84. The first-order valence-corrected chi connectivity index (χ1v) is 6.77. The quantitative estimate of drug-likeness (QED) is 0.759. The zero-order valence-electron chi connectivity index (χ0n) is 11.2. The standard InChI is InChI=1S/C14H21NO4/c1-9-11(6-13(19-9)14(17)18)8-15-7-10-3-2-4-12(16)5-10/h6,10,12,15-16H,2-5,7-8H2,1H3,(H,17,18). The molecule has 1 heterocycles. The fraction of sp³-hybridized carbons (Fsp3) is 0.643. The van der Waals surface area contributed by atoms with E-state index < -0.39 is 5.97 Å². The van der Waals surface area contributed by atoms with Crippen molar-refractivity contribution in [2.24, 2.45) is 5.92 Å². The third kappa shape index (κ3) is 3.81. The van der Waals surface area contributed by atoms with Crippen LogP contribution in [0.1, 0.15) is 47.6 Å². The van der Waals surface area contributed by atoms with E-state index >= 15 is 0 Å². The van der Waals surface area contributed by atoms with Crippen LogP contribution in [0.4, 0.5) is 0 Å². The predicted molar refractivity (Wildman–Crippen MR) is 70.1 cm³/mol. The van der Waals surface area contributed by atoms with Gasteiger partial charge in [0.1, 0.15) is 5.76 Å². The van der Waals surface area contributed by atoms with Gasteiger partial charge in [0.2, 0.25) is 5.76 Å². The van der Waals surface area contributed by atoms with Crippen LogP contribution in [-0.4, -0.2) is 28.8 Å². The summed E-state index contributed by atoms with van der Waals surface area (Å²) in [4.78, 5) is 10.8. The number of furan rings is 1. The van der Waals surface area contributed by atoms with Gasteiger partial charge in [0, 0.05) is 12.1 Å². The summed E-state index contributed by atoms with van der Waals surface area (Å²) in [5, 5.41) is 21.8. The Morgan fingerprint density at radius 3 is 2.95 bits per heavy atom. The van der Waals surface area contributed by atoms with Crippen molar-refractivity contribution in [3.05, 3.63) is 23.2 Å². The Morgan fingerprint density at radius 2 is 2.32 bits per heavy atom. The number of carboxylic acid groups (broad SMARTS) is 1. The second-order valence-corrected chi connectivity index (χ2v) is 5.31. The first-order chi connectivity index (χ1) is 9.06. The third-order valence-electron chi connectivity index (χ3n) is 3.73. The molecule has 1 aliphatic rings. The lowest BCUT2D eigenvalue weighted by atomic mass is 9.87. The zero-order chi connectivity index (χ0) is 13.8. The van der Waals surface area contributed by atoms with E-state index in [1.807, 2.05) is 0 Å². The van der Waals surface area contributed by atoms with Crippen LogP contribution in [0.5, 0.6) is 0 Å². The molecule has 0 aromatic carbocycles. The predicted octanol–water partition coefficient (Wildman–Crippen LogP) is 1.93. The van der Waals surface area contributed by atoms with Crippen LogP contribution >= 0.6 is 0 Å². The van der Waals surface area contributed by atoms with Crippen molar-refractivity contribution in [3.63, 3.8) is 0 Å². The Kier molecular flexibility index (Phi) is 4.61. The summed E-state index contributed by atoms with van der Waals surface area (Å²) in [5.74, 6) is 0.107. The van der Waals surface area contributed by atoms with Crippen LogP contribution in [0.3, 0.4) is 0 Å². The summed E-state index contributed by atoms with van der Waals surface area (Å²) >= 11 is 0. The molecule has 5 heteroatoms. The normalized spacial score (nSPS) is 23.5. The van der Waals surface area contributed by atoms with E-state index in [9.17, 15) is 9.90 Å². The maximum absolute atomic E-state index is 10.8. The summed E-state index contributed by atoms with van der Waals surface area (Å²) in [6.45, 7) is 3.23. The van der Waals surface area contributed by atoms with Crippen molar-refractivity contribution in [3.8, 4) is 0 Å². The van der Waals surface area contributed by atoms with E-state index in [0.717, 1.165) is 37.8 Å². The number of carbonyl (C=O) groups is 1. The van der Waals surface area contributed by atoms with E-state index in [0.29, 0.717) is 18.2 Å². The van der Waals surface area contributed by atoms with E-state index in [1.54, 1.807) is 13.0 Å². The Labute approximate surface area is 112 Å². The van der Waals surface area contributed by atoms with Gasteiger partial charge in [-0.3, -0.25) is 0 Å². The van der Waals surface area contributed by atoms with Crippen molar-refractivity contribution in [1.82, 2.24) is 5.32 Å². The van der Waals surface area contributed by atoms with Gasteiger partial charge < -0.3 is 19.9 Å². The maximum Gasteiger partial charge on any atom is 0.371 e. The minimum atomic E-state index is -1.04. The summed E-state index contributed by atoms with van der Waals surface area (Å²) in [5.41, 5.74) is 0.883. The molecule has 2 atom stereocenters. The molecule has 0 bridgehead atoms. The van der Waals surface area contributed by atoms with Gasteiger partial charge in [-0.05, 0) is 44.7 Å². The second-order valence-electron chi connectivity index (χ2n) is 5.31. The molecule has 0 saturated heterocycles. The Balaban J connectivity index is 1.80. The highest BCUT2D eigenvalue weighted by atomic mass is 16.4. The number of hydrogen-bond donors (Lipinski definition) is 3. The molecule has 0 amide bonds. The molecule has 2 rings (SSSR count). The molecule has 19 heavy (non-hydrogen) atoms. The lowest BCUT2D eigenvalue weighted by molar-refractivity contribution is 0.0661. The topological polar surface area (TPSA) is 82.7 Å². The monoisotopic (exact) mass is 267 g/mol. The molecule has 0 aliphatic heterocycles. The minimum Gasteiger partial charge on any atom is -0.475 e. The van der Waals surface area contributed by atoms with Crippen molar-refractivity contribution in [2.45, 2.75) is 45.3 Å². The van der Waals surface area contributed by atoms with Gasteiger partial charge in [-0.25, -0.2) is 4.79 Å². The van der Waals surface area contributed by atoms with Gasteiger partial charge in [-0.15, -0.1) is 0 Å². The van der Waals surface area contributed by atoms with Gasteiger partial charge >= 0.3 is 5.97 Å². The molecule has 5 nitrogen and oxygen atoms in total. The fourth-order valence-corrected chi connectivity index (χ4v) is 2.66. The van der Waals surface area contributed by atoms with Crippen LogP contribution in [0, 0.1) is 12.8 Å². The summed E-state index contributed by atoms with van der Waals surface area (Å²) in [7, 11) is 0. The van der Waals surface area contributed by atoms with Gasteiger partial charge in [0.25, 0.3) is 0 Å². The average molecular weight is 267 g/mol. The van der Waals surface area contributed by atoms with E-state index in [-0.39, 0.29) is 11.9 Å². The minimum absolute atomic E-state index is 0.0117. The van der Waals surface area contributed by atoms with Crippen molar-refractivity contribution in [1.29, 1.82) is 0 Å². The molecular formula is C14H21NO4. The van der Waals surface area contributed by atoms with Crippen LogP contribution in [-0.2, 0) is 6.54 Å². The van der Waals surface area contributed by atoms with Crippen LogP contribution in [0.25, 0.3) is 0 Å². The third-order valence-corrected chi connectivity index (χ3v) is 3.73. The second kappa shape index (κ2) is 6.21. The number of aliphatic hydroxyl groups excluding tert-OH is 1. The van der Waals surface area contributed by atoms with Crippen molar-refractivity contribution in [2.75, 3.05) is 6.54 Å². The lowest BCUT2D eigenvalue weighted by Gasteiger charge is -2.25. The van der Waals surface area contributed by atoms with Gasteiger partial charge in [-0.2, -0.15) is 0 Å². The number of carboxylic acids is 1. The molecule has 1 aliphatic carbocycles. The highest BCUT2D eigenvalue weighted by Crippen LogP contribution is 2.23. The Hall–Kier alpha value is -1.33. The van der Waals surface area contributed by atoms with Crippen LogP contribution < -0.4 is 5.32 Å². The van der Waals surface area contributed by atoms with Gasteiger partial charge in [0.15, 0.2) is 0 Å². The number of aromatic carboxylic acids is 1. The smallest absolute Gasteiger partial charge is 0.371 e. The van der Waals surface area contributed by atoms with E-state index in [2.05, 4.69) is 5.32 Å². The van der Waals surface area contributed by atoms with Crippen LogP contribution in [0.15, 0.2) is 10.5 Å². The number of rotatable bonds is 5. The number of aliphatic hydroxyl groups is 1. The molecule has 1 fully saturated rings. The average Bonchev–Trinajstić information content (AvgIpc) is 2.71. The van der Waals surface area contributed by atoms with Crippen molar-refractivity contribution >= 4 is 5.97 Å². The summed E-state index contributed by atoms with van der Waals surface area (Å²) < 4.78 is 5.16. The molecule has 2 unspecified atom stereocenters. The van der Waals surface area contributed by atoms with Gasteiger partial charge in [-0.1, -0.05) is 6.42 Å².